The molecule has 36 heavy (non-hydrogen) atoms. The highest BCUT2D eigenvalue weighted by Crippen LogP contribution is 2.27. The van der Waals surface area contributed by atoms with Gasteiger partial charge in [-0.3, -0.25) is 4.98 Å². The highest BCUT2D eigenvalue weighted by atomic mass is 28.3. The molecule has 1 aliphatic carbocycles. The highest BCUT2D eigenvalue weighted by molar-refractivity contribution is 6.76. The molecule has 1 amide bonds. The molecule has 0 spiro atoms. The Hall–Kier alpha value is -3.11. The van der Waals surface area contributed by atoms with E-state index in [-0.39, 0.29) is 6.73 Å². The number of rotatable bonds is 10. The quantitative estimate of drug-likeness (QED) is 0.289. The molecule has 4 rings (SSSR count). The molecule has 0 saturated heterocycles. The van der Waals surface area contributed by atoms with Gasteiger partial charge in [-0.05, 0) is 59.0 Å². The Morgan fingerprint density at radius 3 is 2.69 bits per heavy atom. The first-order chi connectivity index (χ1) is 17.4. The van der Waals surface area contributed by atoms with Crippen molar-refractivity contribution in [2.45, 2.75) is 64.5 Å². The third-order valence-electron chi connectivity index (χ3n) is 6.38. The molecule has 1 aliphatic rings. The average molecular weight is 509 g/mol. The molecule has 2 heterocycles. The largest absolute Gasteiger partial charge is 0.412 e. The highest BCUT2D eigenvalue weighted by Gasteiger charge is 2.16. The fourth-order valence-corrected chi connectivity index (χ4v) is 5.01. The Morgan fingerprint density at radius 2 is 1.89 bits per heavy atom. The van der Waals surface area contributed by atoms with Crippen LogP contribution in [0, 0.1) is 5.92 Å². The van der Waals surface area contributed by atoms with Crippen molar-refractivity contribution in [1.29, 1.82) is 0 Å². The summed E-state index contributed by atoms with van der Waals surface area (Å²) in [7, 11) is -1.16. The first-order valence-electron chi connectivity index (χ1n) is 12.7. The van der Waals surface area contributed by atoms with Crippen molar-refractivity contribution in [2.75, 3.05) is 13.2 Å². The molecule has 192 valence electrons. The number of hydrogen-bond acceptors (Lipinski definition) is 7. The standard InChI is InChI=1S/C26H36N6O3Si/c1-36(2,3)13-12-34-19-32-25(29-30-31-32)23-14-22(17-27-18-23)21-10-7-11-24(15-21)35-26(33)28-16-20-8-5-4-6-9-20/h7,10-11,14-15,17-18,20H,4-6,8-9,12-13,16,19H2,1-3H3,(H,28,33). The minimum absolute atomic E-state index is 0.288. The molecular weight excluding hydrogens is 472 g/mol. The summed E-state index contributed by atoms with van der Waals surface area (Å²) in [6.45, 7) is 8.60. The van der Waals surface area contributed by atoms with Crippen molar-refractivity contribution < 1.29 is 14.3 Å². The second-order valence-electron chi connectivity index (χ2n) is 10.6. The fourth-order valence-electron chi connectivity index (χ4n) is 4.25. The minimum Gasteiger partial charge on any atom is -0.410 e. The van der Waals surface area contributed by atoms with Gasteiger partial charge in [0.15, 0.2) is 5.82 Å². The molecule has 0 radical (unpaired) electrons. The lowest BCUT2D eigenvalue weighted by molar-refractivity contribution is 0.0784. The molecule has 1 N–H and O–H groups in total. The predicted molar refractivity (Wildman–Crippen MR) is 141 cm³/mol. The molecule has 3 aromatic rings. The number of carbonyl (C=O) groups is 1. The maximum atomic E-state index is 12.3. The number of carbonyl (C=O) groups excluding carboxylic acids is 1. The molecule has 10 heteroatoms. The van der Waals surface area contributed by atoms with E-state index in [1.807, 2.05) is 24.3 Å². The number of hydrogen-bond donors (Lipinski definition) is 1. The summed E-state index contributed by atoms with van der Waals surface area (Å²) in [6.07, 6.45) is 9.21. The molecule has 1 saturated carbocycles. The molecule has 0 aliphatic heterocycles. The lowest BCUT2D eigenvalue weighted by Crippen LogP contribution is -2.32. The van der Waals surface area contributed by atoms with Crippen molar-refractivity contribution in [3.63, 3.8) is 0 Å². The van der Waals surface area contributed by atoms with Crippen molar-refractivity contribution in [3.8, 4) is 28.3 Å². The van der Waals surface area contributed by atoms with E-state index >= 15 is 0 Å². The van der Waals surface area contributed by atoms with Crippen molar-refractivity contribution in [3.05, 3.63) is 42.7 Å². The SMILES string of the molecule is C[Si](C)(C)CCOCn1nnnc1-c1cncc(-c2cccc(OC(=O)NCC3CCCCC3)c2)c1. The molecular formula is C26H36N6O3Si. The maximum absolute atomic E-state index is 12.3. The summed E-state index contributed by atoms with van der Waals surface area (Å²) >= 11 is 0. The number of ether oxygens (including phenoxy) is 2. The monoisotopic (exact) mass is 508 g/mol. The Morgan fingerprint density at radius 1 is 1.08 bits per heavy atom. The van der Waals surface area contributed by atoms with Gasteiger partial charge in [0, 0.05) is 44.7 Å². The van der Waals surface area contributed by atoms with Crippen LogP contribution in [0.2, 0.25) is 25.7 Å². The smallest absolute Gasteiger partial charge is 0.410 e. The van der Waals surface area contributed by atoms with Crippen LogP contribution < -0.4 is 10.1 Å². The predicted octanol–water partition coefficient (Wildman–Crippen LogP) is 5.38. The molecule has 0 bridgehead atoms. The topological polar surface area (TPSA) is 104 Å². The number of pyridine rings is 1. The summed E-state index contributed by atoms with van der Waals surface area (Å²) < 4.78 is 13.0. The fraction of sp³-hybridized carbons (Fsp3) is 0.500. The van der Waals surface area contributed by atoms with Crippen molar-refractivity contribution >= 4 is 14.2 Å². The van der Waals surface area contributed by atoms with E-state index in [1.165, 1.54) is 32.1 Å². The molecule has 0 atom stereocenters. The van der Waals surface area contributed by atoms with Crippen LogP contribution >= 0.6 is 0 Å². The van der Waals surface area contributed by atoms with Crippen LogP contribution in [0.5, 0.6) is 5.75 Å². The second-order valence-corrected chi connectivity index (χ2v) is 16.2. The zero-order valence-electron chi connectivity index (χ0n) is 21.4. The normalized spacial score (nSPS) is 14.5. The van der Waals surface area contributed by atoms with Gasteiger partial charge in [0.1, 0.15) is 12.5 Å². The summed E-state index contributed by atoms with van der Waals surface area (Å²) in [6, 6.07) is 10.5. The van der Waals surface area contributed by atoms with Gasteiger partial charge >= 0.3 is 6.09 Å². The van der Waals surface area contributed by atoms with Crippen LogP contribution in [-0.4, -0.2) is 52.5 Å². The van der Waals surface area contributed by atoms with Crippen LogP contribution in [-0.2, 0) is 11.5 Å². The number of benzene rings is 1. The van der Waals surface area contributed by atoms with Crippen molar-refractivity contribution in [1.82, 2.24) is 30.5 Å². The summed E-state index contributed by atoms with van der Waals surface area (Å²) in [5, 5.41) is 15.0. The summed E-state index contributed by atoms with van der Waals surface area (Å²) in [4.78, 5) is 16.7. The maximum Gasteiger partial charge on any atom is 0.412 e. The van der Waals surface area contributed by atoms with Crippen LogP contribution in [0.25, 0.3) is 22.5 Å². The number of nitrogens with zero attached hydrogens (tertiary/aromatic N) is 5. The van der Waals surface area contributed by atoms with E-state index in [9.17, 15) is 4.79 Å². The van der Waals surface area contributed by atoms with E-state index in [0.717, 1.165) is 22.7 Å². The van der Waals surface area contributed by atoms with Crippen LogP contribution in [0.15, 0.2) is 42.7 Å². The van der Waals surface area contributed by atoms with E-state index in [4.69, 9.17) is 9.47 Å². The second kappa shape index (κ2) is 12.2. The van der Waals surface area contributed by atoms with Gasteiger partial charge in [-0.2, -0.15) is 4.68 Å². The summed E-state index contributed by atoms with van der Waals surface area (Å²) in [5.41, 5.74) is 2.53. The first-order valence-corrected chi connectivity index (χ1v) is 16.4. The number of tetrazole rings is 1. The van der Waals surface area contributed by atoms with Crippen LogP contribution in [0.4, 0.5) is 4.79 Å². The van der Waals surface area contributed by atoms with E-state index in [2.05, 4.69) is 45.5 Å². The third-order valence-corrected chi connectivity index (χ3v) is 8.08. The zero-order valence-corrected chi connectivity index (χ0v) is 22.4. The minimum atomic E-state index is -1.16. The number of nitrogens with one attached hydrogen (secondary N) is 1. The lowest BCUT2D eigenvalue weighted by atomic mass is 9.89. The van der Waals surface area contributed by atoms with Gasteiger partial charge in [0.2, 0.25) is 0 Å². The lowest BCUT2D eigenvalue weighted by Gasteiger charge is -2.21. The van der Waals surface area contributed by atoms with Crippen molar-refractivity contribution in [2.24, 2.45) is 5.92 Å². The van der Waals surface area contributed by atoms with E-state index in [0.29, 0.717) is 30.6 Å². The van der Waals surface area contributed by atoms with Crippen LogP contribution in [0.3, 0.4) is 0 Å². The van der Waals surface area contributed by atoms with Gasteiger partial charge in [0.05, 0.1) is 0 Å². The Labute approximate surface area is 213 Å². The van der Waals surface area contributed by atoms with Gasteiger partial charge < -0.3 is 14.8 Å². The number of amides is 1. The van der Waals surface area contributed by atoms with E-state index < -0.39 is 14.2 Å². The Bertz CT molecular complexity index is 1140. The average Bonchev–Trinajstić information content (AvgIpc) is 3.34. The van der Waals surface area contributed by atoms with E-state index in [1.54, 1.807) is 23.1 Å². The molecule has 0 unspecified atom stereocenters. The van der Waals surface area contributed by atoms with Crippen LogP contribution in [0.1, 0.15) is 32.1 Å². The third kappa shape index (κ3) is 7.69. The van der Waals surface area contributed by atoms with Gasteiger partial charge in [0.25, 0.3) is 0 Å². The van der Waals surface area contributed by atoms with Gasteiger partial charge in [-0.25, -0.2) is 4.79 Å². The van der Waals surface area contributed by atoms with Gasteiger partial charge in [-0.15, -0.1) is 5.10 Å². The van der Waals surface area contributed by atoms with Gasteiger partial charge in [-0.1, -0.05) is 51.0 Å². The molecule has 1 aromatic carbocycles. The molecule has 9 nitrogen and oxygen atoms in total. The Kier molecular flexibility index (Phi) is 8.82. The molecule has 2 aromatic heterocycles. The summed E-state index contributed by atoms with van der Waals surface area (Å²) in [5.74, 6) is 1.63. The molecule has 1 fully saturated rings. The number of aromatic nitrogens is 5. The first kappa shape index (κ1) is 26.0. The zero-order chi connectivity index (χ0) is 25.4. The Balaban J connectivity index is 1.39.